The number of carboxylic acid groups (broad SMARTS) is 1. The second-order valence-electron chi connectivity index (χ2n) is 7.53. The third kappa shape index (κ3) is 4.37. The zero-order valence-corrected chi connectivity index (χ0v) is 19.4. The van der Waals surface area contributed by atoms with Gasteiger partial charge in [-0.3, -0.25) is 9.59 Å². The summed E-state index contributed by atoms with van der Waals surface area (Å²) in [4.78, 5) is 40.3. The fourth-order valence-corrected chi connectivity index (χ4v) is 4.49. The van der Waals surface area contributed by atoms with Gasteiger partial charge in [0.1, 0.15) is 6.04 Å². The van der Waals surface area contributed by atoms with Crippen LogP contribution in [0.15, 0.2) is 72.8 Å². The number of hydrogen-bond donors (Lipinski definition) is 2. The molecule has 0 spiro atoms. The molecule has 0 aliphatic carbocycles. The summed E-state index contributed by atoms with van der Waals surface area (Å²) in [5.74, 6) is -3.33. The average Bonchev–Trinajstić information content (AvgIpc) is 2.88. The number of rotatable bonds is 4. The van der Waals surface area contributed by atoms with Crippen molar-refractivity contribution in [3.63, 3.8) is 0 Å². The van der Waals surface area contributed by atoms with Gasteiger partial charge >= 0.3 is 12.1 Å². The maximum absolute atomic E-state index is 13.9. The monoisotopic (exact) mass is 580 g/mol. The van der Waals surface area contributed by atoms with Crippen molar-refractivity contribution >= 4 is 46.1 Å². The van der Waals surface area contributed by atoms with Gasteiger partial charge < -0.3 is 15.3 Å². The maximum Gasteiger partial charge on any atom is 0.416 e. The summed E-state index contributed by atoms with van der Waals surface area (Å²) < 4.78 is 42.3. The molecular weight excluding hydrogens is 564 g/mol. The third-order valence-corrected chi connectivity index (χ3v) is 6.09. The van der Waals surface area contributed by atoms with Crippen molar-refractivity contribution < 1.29 is 32.7 Å². The first kappa shape index (κ1) is 23.7. The fourth-order valence-electron chi connectivity index (χ4n) is 3.99. The average molecular weight is 580 g/mol. The molecule has 34 heavy (non-hydrogen) atoms. The molecule has 0 saturated heterocycles. The van der Waals surface area contributed by atoms with Gasteiger partial charge in [-0.2, -0.15) is 13.2 Å². The molecule has 174 valence electrons. The zero-order chi connectivity index (χ0) is 24.6. The fraction of sp³-hybridized carbons (Fsp3) is 0.125. The van der Waals surface area contributed by atoms with E-state index < -0.39 is 47.2 Å². The number of carbonyl (C=O) groups excluding carboxylic acids is 2. The largest absolute Gasteiger partial charge is 0.479 e. The molecule has 1 heterocycles. The van der Waals surface area contributed by atoms with E-state index in [1.807, 2.05) is 22.6 Å². The van der Waals surface area contributed by atoms with Gasteiger partial charge in [0.25, 0.3) is 11.8 Å². The molecule has 0 unspecified atom stereocenters. The van der Waals surface area contributed by atoms with Crippen LogP contribution in [0.3, 0.4) is 0 Å². The van der Waals surface area contributed by atoms with Crippen molar-refractivity contribution in [2.24, 2.45) is 0 Å². The van der Waals surface area contributed by atoms with E-state index in [4.69, 9.17) is 0 Å². The second kappa shape index (κ2) is 9.09. The van der Waals surface area contributed by atoms with Crippen molar-refractivity contribution in [2.75, 3.05) is 5.32 Å². The Morgan fingerprint density at radius 1 is 1.00 bits per heavy atom. The Morgan fingerprint density at radius 2 is 1.65 bits per heavy atom. The lowest BCUT2D eigenvalue weighted by molar-refractivity contribution is -0.144. The van der Waals surface area contributed by atoms with Gasteiger partial charge in [0.2, 0.25) is 0 Å². The Labute approximate surface area is 205 Å². The minimum Gasteiger partial charge on any atom is -0.479 e. The highest BCUT2D eigenvalue weighted by molar-refractivity contribution is 14.1. The standard InChI is InChI=1S/C24H16F3IN2O4/c25-24(26,27)17-9-5-4-8-15(17)20-21(31)29-18-11-10-14(28)12-16(18)22(32)30(20)19(23(33)34)13-6-2-1-3-7-13/h1-12,19-20H,(H,29,31)(H,33,34)/t19-,20-/m0/s1. The van der Waals surface area contributed by atoms with Crippen LogP contribution in [0.2, 0.25) is 0 Å². The van der Waals surface area contributed by atoms with E-state index in [2.05, 4.69) is 5.32 Å². The second-order valence-corrected chi connectivity index (χ2v) is 8.78. The first-order chi connectivity index (χ1) is 16.1. The van der Waals surface area contributed by atoms with Crippen LogP contribution in [0.5, 0.6) is 0 Å². The van der Waals surface area contributed by atoms with E-state index in [0.29, 0.717) is 3.57 Å². The lowest BCUT2D eigenvalue weighted by atomic mass is 9.94. The van der Waals surface area contributed by atoms with Crippen LogP contribution in [0.4, 0.5) is 18.9 Å². The summed E-state index contributed by atoms with van der Waals surface area (Å²) in [5, 5.41) is 12.6. The van der Waals surface area contributed by atoms with Gasteiger partial charge in [-0.25, -0.2) is 4.79 Å². The molecule has 0 fully saturated rings. The number of alkyl halides is 3. The number of nitrogens with zero attached hydrogens (tertiary/aromatic N) is 1. The minimum absolute atomic E-state index is 0.0191. The maximum atomic E-state index is 13.9. The molecular formula is C24H16F3IN2O4. The van der Waals surface area contributed by atoms with Crippen LogP contribution >= 0.6 is 22.6 Å². The van der Waals surface area contributed by atoms with E-state index >= 15 is 0 Å². The highest BCUT2D eigenvalue weighted by Gasteiger charge is 2.47. The molecule has 2 N–H and O–H groups in total. The summed E-state index contributed by atoms with van der Waals surface area (Å²) in [6.45, 7) is 0. The summed E-state index contributed by atoms with van der Waals surface area (Å²) in [6, 6.07) is 12.9. The Bertz CT molecular complexity index is 1280. The molecule has 0 saturated carbocycles. The van der Waals surface area contributed by atoms with Crippen LogP contribution in [0.25, 0.3) is 0 Å². The Balaban J connectivity index is 2.02. The van der Waals surface area contributed by atoms with E-state index in [0.717, 1.165) is 23.1 Å². The van der Waals surface area contributed by atoms with E-state index in [-0.39, 0.29) is 16.8 Å². The molecule has 0 radical (unpaired) electrons. The number of benzene rings is 3. The Hall–Kier alpha value is -3.41. The summed E-state index contributed by atoms with van der Waals surface area (Å²) in [5.41, 5.74) is -1.45. The molecule has 0 aromatic heterocycles. The van der Waals surface area contributed by atoms with Crippen molar-refractivity contribution in [1.82, 2.24) is 4.90 Å². The number of nitrogens with one attached hydrogen (secondary N) is 1. The topological polar surface area (TPSA) is 86.7 Å². The van der Waals surface area contributed by atoms with Gasteiger partial charge in [-0.15, -0.1) is 0 Å². The van der Waals surface area contributed by atoms with Crippen LogP contribution < -0.4 is 5.32 Å². The van der Waals surface area contributed by atoms with Gasteiger partial charge in [0.05, 0.1) is 16.8 Å². The molecule has 6 nitrogen and oxygen atoms in total. The van der Waals surface area contributed by atoms with Gasteiger partial charge in [-0.1, -0.05) is 48.5 Å². The minimum atomic E-state index is -4.84. The van der Waals surface area contributed by atoms with Crippen LogP contribution in [-0.2, 0) is 15.8 Å². The molecule has 1 aliphatic heterocycles. The van der Waals surface area contributed by atoms with Crippen molar-refractivity contribution in [3.8, 4) is 0 Å². The van der Waals surface area contributed by atoms with Gasteiger partial charge in [-0.05, 0) is 58.0 Å². The normalized spacial score (nSPS) is 16.9. The Morgan fingerprint density at radius 3 is 2.29 bits per heavy atom. The predicted octanol–water partition coefficient (Wildman–Crippen LogP) is 5.27. The molecule has 3 aromatic carbocycles. The van der Waals surface area contributed by atoms with Crippen LogP contribution in [0.1, 0.15) is 39.1 Å². The first-order valence-corrected chi connectivity index (χ1v) is 11.0. The molecule has 10 heteroatoms. The Kier molecular flexibility index (Phi) is 6.34. The number of anilines is 1. The molecule has 2 amide bonds. The summed E-state index contributed by atoms with van der Waals surface area (Å²) >= 11 is 1.95. The number of carboxylic acids is 1. The summed E-state index contributed by atoms with van der Waals surface area (Å²) in [7, 11) is 0. The smallest absolute Gasteiger partial charge is 0.416 e. The number of fused-ring (bicyclic) bond motifs is 1. The third-order valence-electron chi connectivity index (χ3n) is 5.42. The number of aliphatic carboxylic acids is 1. The summed E-state index contributed by atoms with van der Waals surface area (Å²) in [6.07, 6.45) is -4.84. The van der Waals surface area contributed by atoms with E-state index in [1.54, 1.807) is 24.3 Å². The molecule has 2 atom stereocenters. The van der Waals surface area contributed by atoms with Gasteiger partial charge in [0, 0.05) is 3.57 Å². The van der Waals surface area contributed by atoms with Gasteiger partial charge in [0.15, 0.2) is 6.04 Å². The van der Waals surface area contributed by atoms with Crippen LogP contribution in [0, 0.1) is 3.57 Å². The number of halogens is 4. The predicted molar refractivity (Wildman–Crippen MR) is 125 cm³/mol. The number of hydrogen-bond acceptors (Lipinski definition) is 3. The number of carbonyl (C=O) groups is 3. The lowest BCUT2D eigenvalue weighted by Crippen LogP contribution is -2.44. The highest BCUT2D eigenvalue weighted by atomic mass is 127. The van der Waals surface area contributed by atoms with E-state index in [1.165, 1.54) is 30.3 Å². The quantitative estimate of drug-likeness (QED) is 0.412. The van der Waals surface area contributed by atoms with Crippen molar-refractivity contribution in [1.29, 1.82) is 0 Å². The van der Waals surface area contributed by atoms with Crippen LogP contribution in [-0.4, -0.2) is 27.8 Å². The highest BCUT2D eigenvalue weighted by Crippen LogP contribution is 2.42. The number of amides is 2. The lowest BCUT2D eigenvalue weighted by Gasteiger charge is -2.35. The molecule has 3 aromatic rings. The zero-order valence-electron chi connectivity index (χ0n) is 17.2. The molecule has 1 aliphatic rings. The molecule has 0 bridgehead atoms. The molecule has 4 rings (SSSR count). The van der Waals surface area contributed by atoms with E-state index in [9.17, 15) is 32.7 Å². The van der Waals surface area contributed by atoms with Crippen molar-refractivity contribution in [2.45, 2.75) is 18.3 Å². The van der Waals surface area contributed by atoms with Crippen molar-refractivity contribution in [3.05, 3.63) is 98.6 Å². The SMILES string of the molecule is O=C(O)[C@H](c1ccccc1)N1C(=O)c2cc(I)ccc2NC(=O)[C@@H]1c1ccccc1C(F)(F)F. The first-order valence-electron chi connectivity index (χ1n) is 9.96.